The predicted octanol–water partition coefficient (Wildman–Crippen LogP) is 6.64. The Bertz CT molecular complexity index is 643. The molecule has 7 heteroatoms. The Morgan fingerprint density at radius 1 is 0.971 bits per heavy atom. The fourth-order valence-corrected chi connectivity index (χ4v) is 6.27. The van der Waals surface area contributed by atoms with Gasteiger partial charge in [-0.25, -0.2) is 4.79 Å². The van der Waals surface area contributed by atoms with Crippen molar-refractivity contribution in [2.45, 2.75) is 142 Å². The van der Waals surface area contributed by atoms with E-state index in [0.29, 0.717) is 18.1 Å². The lowest BCUT2D eigenvalue weighted by atomic mass is 9.86. The van der Waals surface area contributed by atoms with Gasteiger partial charge in [-0.05, 0) is 19.3 Å². The summed E-state index contributed by atoms with van der Waals surface area (Å²) in [7, 11) is 0. The van der Waals surface area contributed by atoms with Crippen molar-refractivity contribution < 1.29 is 23.9 Å². The average Bonchev–Trinajstić information content (AvgIpc) is 3.33. The van der Waals surface area contributed by atoms with E-state index in [0.717, 1.165) is 38.5 Å². The number of unbranched alkanes of at least 4 members (excludes halogenated alkanes) is 11. The minimum atomic E-state index is -0.503. The van der Waals surface area contributed by atoms with Crippen LogP contribution in [0, 0.1) is 5.92 Å². The molecule has 2 aliphatic heterocycles. The molecule has 0 N–H and O–H groups in total. The third-order valence-corrected chi connectivity index (χ3v) is 8.37. The van der Waals surface area contributed by atoms with Gasteiger partial charge >= 0.3 is 11.9 Å². The van der Waals surface area contributed by atoms with E-state index in [2.05, 4.69) is 13.8 Å². The first kappa shape index (κ1) is 30.0. The molecule has 0 spiro atoms. The summed E-state index contributed by atoms with van der Waals surface area (Å²) in [4.78, 5) is 38.6. The maximum absolute atomic E-state index is 13.0. The Labute approximate surface area is 217 Å². The number of hydrogen-bond acceptors (Lipinski definition) is 6. The van der Waals surface area contributed by atoms with Crippen molar-refractivity contribution in [2.75, 3.05) is 11.6 Å². The lowest BCUT2D eigenvalue weighted by molar-refractivity contribution is -0.190. The predicted molar refractivity (Wildman–Crippen MR) is 142 cm³/mol. The summed E-state index contributed by atoms with van der Waals surface area (Å²) >= 11 is 1.59. The van der Waals surface area contributed by atoms with E-state index < -0.39 is 6.04 Å². The number of cyclic esters (lactones) is 1. The average molecular weight is 512 g/mol. The van der Waals surface area contributed by atoms with Crippen LogP contribution >= 0.6 is 11.8 Å². The van der Waals surface area contributed by atoms with Crippen LogP contribution in [0.5, 0.6) is 0 Å². The zero-order valence-corrected chi connectivity index (χ0v) is 23.3. The van der Waals surface area contributed by atoms with Crippen molar-refractivity contribution in [3.05, 3.63) is 0 Å². The molecular weight excluding hydrogens is 462 g/mol. The highest BCUT2D eigenvalue weighted by atomic mass is 32.2. The highest BCUT2D eigenvalue weighted by Crippen LogP contribution is 2.33. The molecule has 0 aromatic rings. The van der Waals surface area contributed by atoms with Crippen LogP contribution in [0.2, 0.25) is 0 Å². The van der Waals surface area contributed by atoms with E-state index in [-0.39, 0.29) is 36.0 Å². The molecule has 0 aromatic carbocycles. The SMILES string of the molecule is CCCCCCCCCCC[C@@H](C[C@@H]1OC(=O)[C@H]1CCCCCC)OC(=O)[C@@H]1CSCN1C(C)=O. The van der Waals surface area contributed by atoms with Gasteiger partial charge in [0.05, 0.1) is 11.8 Å². The highest BCUT2D eigenvalue weighted by Gasteiger charge is 2.44. The Morgan fingerprint density at radius 3 is 2.17 bits per heavy atom. The smallest absolute Gasteiger partial charge is 0.330 e. The second-order valence-corrected chi connectivity index (χ2v) is 11.3. The Hall–Kier alpha value is -1.24. The van der Waals surface area contributed by atoms with Gasteiger partial charge in [0.2, 0.25) is 5.91 Å². The Kier molecular flexibility index (Phi) is 14.8. The second-order valence-electron chi connectivity index (χ2n) is 10.3. The molecule has 6 nitrogen and oxygen atoms in total. The monoisotopic (exact) mass is 511 g/mol. The van der Waals surface area contributed by atoms with Crippen LogP contribution in [0.3, 0.4) is 0 Å². The molecule has 0 aliphatic carbocycles. The van der Waals surface area contributed by atoms with Crippen LogP contribution in [0.4, 0.5) is 0 Å². The fourth-order valence-electron chi connectivity index (χ4n) is 5.06. The fraction of sp³-hybridized carbons (Fsp3) is 0.893. The molecule has 1 amide bonds. The molecule has 2 heterocycles. The lowest BCUT2D eigenvalue weighted by Gasteiger charge is -2.37. The number of hydrogen-bond donors (Lipinski definition) is 0. The Morgan fingerprint density at radius 2 is 1.57 bits per heavy atom. The molecule has 0 aromatic heterocycles. The van der Waals surface area contributed by atoms with Crippen molar-refractivity contribution in [3.63, 3.8) is 0 Å². The lowest BCUT2D eigenvalue weighted by Crippen LogP contribution is -2.48. The standard InChI is InChI=1S/C28H49NO5S/c1-4-6-8-10-11-12-13-14-15-17-23(33-28(32)25-20-35-21-29(25)22(3)30)19-26-24(27(31)34-26)18-16-9-7-5-2/h23-26H,4-21H2,1-3H3/t23-,24-,25-,26-/m0/s1. The summed E-state index contributed by atoms with van der Waals surface area (Å²) in [6.07, 6.45) is 17.6. The largest absolute Gasteiger partial charge is 0.461 e. The summed E-state index contributed by atoms with van der Waals surface area (Å²) in [6.45, 7) is 5.93. The van der Waals surface area contributed by atoms with Crippen LogP contribution < -0.4 is 0 Å². The number of nitrogens with zero attached hydrogens (tertiary/aromatic N) is 1. The number of thioether (sulfide) groups is 1. The third-order valence-electron chi connectivity index (χ3n) is 7.35. The zero-order valence-electron chi connectivity index (χ0n) is 22.4. The molecule has 35 heavy (non-hydrogen) atoms. The van der Waals surface area contributed by atoms with Gasteiger partial charge in [-0.3, -0.25) is 9.59 Å². The van der Waals surface area contributed by atoms with Gasteiger partial charge in [-0.1, -0.05) is 90.9 Å². The van der Waals surface area contributed by atoms with Gasteiger partial charge < -0.3 is 14.4 Å². The van der Waals surface area contributed by atoms with E-state index in [1.165, 1.54) is 64.7 Å². The van der Waals surface area contributed by atoms with Gasteiger partial charge in [0.1, 0.15) is 18.2 Å². The number of amides is 1. The summed E-state index contributed by atoms with van der Waals surface area (Å²) in [5.74, 6) is 0.560. The first-order chi connectivity index (χ1) is 17.0. The van der Waals surface area contributed by atoms with Crippen molar-refractivity contribution in [1.82, 2.24) is 4.90 Å². The molecule has 2 saturated heterocycles. The van der Waals surface area contributed by atoms with Gasteiger partial charge in [0, 0.05) is 19.1 Å². The summed E-state index contributed by atoms with van der Waals surface area (Å²) in [6, 6.07) is -0.503. The number of carbonyl (C=O) groups excluding carboxylic acids is 3. The van der Waals surface area contributed by atoms with E-state index in [1.54, 1.807) is 16.7 Å². The number of carbonyl (C=O) groups is 3. The van der Waals surface area contributed by atoms with Gasteiger partial charge in [-0.2, -0.15) is 0 Å². The van der Waals surface area contributed by atoms with Gasteiger partial charge in [-0.15, -0.1) is 11.8 Å². The molecule has 0 bridgehead atoms. The topological polar surface area (TPSA) is 72.9 Å². The molecule has 0 saturated carbocycles. The quantitative estimate of drug-likeness (QED) is 0.143. The zero-order chi connectivity index (χ0) is 25.5. The number of rotatable bonds is 19. The summed E-state index contributed by atoms with van der Waals surface area (Å²) in [5.41, 5.74) is 0. The van der Waals surface area contributed by atoms with Crippen LogP contribution in [0.15, 0.2) is 0 Å². The first-order valence-corrected chi connectivity index (χ1v) is 15.4. The van der Waals surface area contributed by atoms with Gasteiger partial charge in [0.25, 0.3) is 0 Å². The molecular formula is C28H49NO5S. The molecule has 0 radical (unpaired) electrons. The summed E-state index contributed by atoms with van der Waals surface area (Å²) < 4.78 is 11.5. The maximum Gasteiger partial charge on any atom is 0.330 e. The first-order valence-electron chi connectivity index (χ1n) is 14.2. The van der Waals surface area contributed by atoms with Crippen LogP contribution in [0.25, 0.3) is 0 Å². The molecule has 202 valence electrons. The van der Waals surface area contributed by atoms with Crippen LogP contribution in [-0.4, -0.2) is 52.6 Å². The molecule has 0 unspecified atom stereocenters. The minimum Gasteiger partial charge on any atom is -0.461 e. The number of ether oxygens (including phenoxy) is 2. The second kappa shape index (κ2) is 17.3. The normalized spacial score (nSPS) is 22.5. The van der Waals surface area contributed by atoms with E-state index in [9.17, 15) is 14.4 Å². The number of esters is 2. The highest BCUT2D eigenvalue weighted by molar-refractivity contribution is 7.99. The van der Waals surface area contributed by atoms with Crippen molar-refractivity contribution >= 4 is 29.6 Å². The van der Waals surface area contributed by atoms with Crippen LogP contribution in [0.1, 0.15) is 124 Å². The molecule has 2 aliphatic rings. The molecule has 4 atom stereocenters. The Balaban J connectivity index is 1.83. The van der Waals surface area contributed by atoms with Crippen LogP contribution in [-0.2, 0) is 23.9 Å². The van der Waals surface area contributed by atoms with Crippen molar-refractivity contribution in [1.29, 1.82) is 0 Å². The van der Waals surface area contributed by atoms with E-state index in [4.69, 9.17) is 9.47 Å². The molecule has 2 fully saturated rings. The maximum atomic E-state index is 13.0. The van der Waals surface area contributed by atoms with Crippen molar-refractivity contribution in [3.8, 4) is 0 Å². The third kappa shape index (κ3) is 10.7. The van der Waals surface area contributed by atoms with Crippen molar-refractivity contribution in [2.24, 2.45) is 5.92 Å². The van der Waals surface area contributed by atoms with Gasteiger partial charge in [0.15, 0.2) is 0 Å². The minimum absolute atomic E-state index is 0.0630. The summed E-state index contributed by atoms with van der Waals surface area (Å²) in [5, 5.41) is 0. The van der Waals surface area contributed by atoms with E-state index >= 15 is 0 Å². The van der Waals surface area contributed by atoms with E-state index in [1.807, 2.05) is 0 Å². The molecule has 2 rings (SSSR count).